The number of hydrogen-bond donors (Lipinski definition) is 1. The Hall–Kier alpha value is -1.59. The Kier molecular flexibility index (Phi) is 7.03. The third kappa shape index (κ3) is 5.52. The zero-order chi connectivity index (χ0) is 17.6. The Morgan fingerprint density at radius 1 is 1.17 bits per heavy atom. The van der Waals surface area contributed by atoms with Gasteiger partial charge in [-0.1, -0.05) is 20.8 Å². The highest BCUT2D eigenvalue weighted by molar-refractivity contribution is 5.96. The van der Waals surface area contributed by atoms with Gasteiger partial charge in [-0.05, 0) is 38.0 Å². The Morgan fingerprint density at radius 3 is 2.13 bits per heavy atom. The topological polar surface area (TPSA) is 81.7 Å². The number of carbonyl (C=O) groups is 3. The van der Waals surface area contributed by atoms with Gasteiger partial charge < -0.3 is 14.8 Å². The fourth-order valence-electron chi connectivity index (χ4n) is 2.96. The minimum absolute atomic E-state index is 0.0155. The molecular formula is C17H29NO5. The van der Waals surface area contributed by atoms with Crippen LogP contribution in [0.2, 0.25) is 0 Å². The third-order valence-electron chi connectivity index (χ3n) is 4.31. The normalized spacial score (nSPS) is 22.3. The SMILES string of the molecule is CCOC(=O)C(C(=O)OCC)C1CC(C(C)(C)C)CCC(=O)N1. The highest BCUT2D eigenvalue weighted by Crippen LogP contribution is 2.36. The Balaban J connectivity index is 3.06. The van der Waals surface area contributed by atoms with Gasteiger partial charge in [-0.25, -0.2) is 0 Å². The predicted molar refractivity (Wildman–Crippen MR) is 85.5 cm³/mol. The lowest BCUT2D eigenvalue weighted by atomic mass is 9.74. The zero-order valence-electron chi connectivity index (χ0n) is 14.8. The molecule has 1 aliphatic heterocycles. The molecule has 0 radical (unpaired) electrons. The second-order valence-electron chi connectivity index (χ2n) is 6.99. The summed E-state index contributed by atoms with van der Waals surface area (Å²) in [6, 6.07) is -0.590. The maximum absolute atomic E-state index is 12.3. The molecule has 1 aliphatic rings. The van der Waals surface area contributed by atoms with Gasteiger partial charge in [-0.3, -0.25) is 14.4 Å². The number of hydrogen-bond acceptors (Lipinski definition) is 5. The average Bonchev–Trinajstić information content (AvgIpc) is 2.61. The van der Waals surface area contributed by atoms with E-state index in [4.69, 9.17) is 9.47 Å². The van der Waals surface area contributed by atoms with Gasteiger partial charge in [0, 0.05) is 6.42 Å². The van der Waals surface area contributed by atoms with Crippen LogP contribution in [0.15, 0.2) is 0 Å². The van der Waals surface area contributed by atoms with Crippen LogP contribution in [0.4, 0.5) is 0 Å². The van der Waals surface area contributed by atoms with Crippen LogP contribution in [0.25, 0.3) is 0 Å². The monoisotopic (exact) mass is 327 g/mol. The van der Waals surface area contributed by atoms with Gasteiger partial charge in [-0.15, -0.1) is 0 Å². The lowest BCUT2D eigenvalue weighted by Gasteiger charge is -2.33. The Labute approximate surface area is 138 Å². The summed E-state index contributed by atoms with van der Waals surface area (Å²) < 4.78 is 10.1. The lowest BCUT2D eigenvalue weighted by molar-refractivity contribution is -0.163. The van der Waals surface area contributed by atoms with Crippen LogP contribution in [0.5, 0.6) is 0 Å². The van der Waals surface area contributed by atoms with Crippen LogP contribution in [-0.2, 0) is 23.9 Å². The minimum Gasteiger partial charge on any atom is -0.465 e. The van der Waals surface area contributed by atoms with Crippen molar-refractivity contribution in [3.63, 3.8) is 0 Å². The van der Waals surface area contributed by atoms with Crippen molar-refractivity contribution >= 4 is 17.8 Å². The second-order valence-corrected chi connectivity index (χ2v) is 6.99. The third-order valence-corrected chi connectivity index (χ3v) is 4.31. The van der Waals surface area contributed by atoms with Crippen molar-refractivity contribution in [3.8, 4) is 0 Å². The molecule has 132 valence electrons. The van der Waals surface area contributed by atoms with E-state index < -0.39 is 23.9 Å². The lowest BCUT2D eigenvalue weighted by Crippen LogP contribution is -2.48. The quantitative estimate of drug-likeness (QED) is 0.617. The van der Waals surface area contributed by atoms with Crippen molar-refractivity contribution in [3.05, 3.63) is 0 Å². The number of carbonyl (C=O) groups excluding carboxylic acids is 3. The first kappa shape index (κ1) is 19.5. The molecule has 6 heteroatoms. The van der Waals surface area contributed by atoms with Crippen LogP contribution < -0.4 is 5.32 Å². The van der Waals surface area contributed by atoms with Crippen molar-refractivity contribution in [2.75, 3.05) is 13.2 Å². The van der Waals surface area contributed by atoms with E-state index in [0.29, 0.717) is 12.8 Å². The first-order valence-electron chi connectivity index (χ1n) is 8.33. The molecule has 0 aromatic heterocycles. The molecule has 0 bridgehead atoms. The molecule has 0 aliphatic carbocycles. The number of ether oxygens (including phenoxy) is 2. The summed E-state index contributed by atoms with van der Waals surface area (Å²) in [5.41, 5.74) is -0.0155. The number of nitrogens with one attached hydrogen (secondary N) is 1. The van der Waals surface area contributed by atoms with Gasteiger partial charge in [-0.2, -0.15) is 0 Å². The summed E-state index contributed by atoms with van der Waals surface area (Å²) in [6.45, 7) is 10.0. The molecule has 1 N–H and O–H groups in total. The smallest absolute Gasteiger partial charge is 0.322 e. The van der Waals surface area contributed by atoms with Crippen molar-refractivity contribution in [1.82, 2.24) is 5.32 Å². The van der Waals surface area contributed by atoms with Crippen molar-refractivity contribution in [2.45, 2.75) is 59.9 Å². The van der Waals surface area contributed by atoms with Gasteiger partial charge in [0.15, 0.2) is 5.92 Å². The van der Waals surface area contributed by atoms with Crippen LogP contribution in [-0.4, -0.2) is 37.1 Å². The van der Waals surface area contributed by atoms with E-state index in [1.54, 1.807) is 13.8 Å². The number of amides is 1. The summed E-state index contributed by atoms with van der Waals surface area (Å²) >= 11 is 0. The molecule has 0 aromatic rings. The van der Waals surface area contributed by atoms with E-state index in [1.165, 1.54) is 0 Å². The van der Waals surface area contributed by atoms with Gasteiger partial charge in [0.2, 0.25) is 5.91 Å². The summed E-state index contributed by atoms with van der Waals surface area (Å²) in [4.78, 5) is 36.5. The highest BCUT2D eigenvalue weighted by Gasteiger charge is 2.42. The van der Waals surface area contributed by atoms with Crippen LogP contribution >= 0.6 is 0 Å². The molecule has 2 unspecified atom stereocenters. The average molecular weight is 327 g/mol. The molecule has 0 spiro atoms. The highest BCUT2D eigenvalue weighted by atomic mass is 16.6. The van der Waals surface area contributed by atoms with Crippen LogP contribution in [0.3, 0.4) is 0 Å². The maximum Gasteiger partial charge on any atom is 0.322 e. The van der Waals surface area contributed by atoms with E-state index in [1.807, 2.05) is 0 Å². The van der Waals surface area contributed by atoms with Gasteiger partial charge in [0.25, 0.3) is 0 Å². The summed E-state index contributed by atoms with van der Waals surface area (Å²) in [7, 11) is 0. The Bertz CT molecular complexity index is 423. The number of esters is 2. The largest absolute Gasteiger partial charge is 0.465 e. The van der Waals surface area contributed by atoms with Gasteiger partial charge in [0.1, 0.15) is 0 Å². The fraction of sp³-hybridized carbons (Fsp3) is 0.824. The zero-order valence-corrected chi connectivity index (χ0v) is 14.8. The molecule has 1 rings (SSSR count). The van der Waals surface area contributed by atoms with E-state index in [2.05, 4.69) is 26.1 Å². The molecule has 2 atom stereocenters. The molecule has 6 nitrogen and oxygen atoms in total. The summed E-state index contributed by atoms with van der Waals surface area (Å²) in [6.07, 6.45) is 1.69. The van der Waals surface area contributed by atoms with Crippen LogP contribution in [0.1, 0.15) is 53.9 Å². The predicted octanol–water partition coefficient (Wildman–Crippen LogP) is 2.06. The summed E-state index contributed by atoms with van der Waals surface area (Å²) in [5.74, 6) is -2.29. The van der Waals surface area contributed by atoms with Gasteiger partial charge >= 0.3 is 11.9 Å². The van der Waals surface area contributed by atoms with Crippen molar-refractivity contribution < 1.29 is 23.9 Å². The molecule has 1 fully saturated rings. The first-order valence-corrected chi connectivity index (χ1v) is 8.33. The molecule has 1 saturated heterocycles. The molecule has 1 amide bonds. The maximum atomic E-state index is 12.3. The second kappa shape index (κ2) is 8.31. The van der Waals surface area contributed by atoms with Crippen LogP contribution in [0, 0.1) is 17.3 Å². The van der Waals surface area contributed by atoms with E-state index in [-0.39, 0.29) is 30.5 Å². The molecule has 23 heavy (non-hydrogen) atoms. The van der Waals surface area contributed by atoms with E-state index in [9.17, 15) is 14.4 Å². The molecular weight excluding hydrogens is 298 g/mol. The first-order chi connectivity index (χ1) is 10.7. The molecule has 1 heterocycles. The Morgan fingerprint density at radius 2 is 1.70 bits per heavy atom. The number of rotatable bonds is 5. The minimum atomic E-state index is -1.11. The standard InChI is InChI=1S/C17H29NO5/c1-6-22-15(20)14(16(21)23-7-2)12-10-11(17(3,4)5)8-9-13(19)18-12/h11-12,14H,6-10H2,1-5H3,(H,18,19). The van der Waals surface area contributed by atoms with Gasteiger partial charge in [0.05, 0.1) is 19.3 Å². The molecule has 0 saturated carbocycles. The van der Waals surface area contributed by atoms with Crippen molar-refractivity contribution in [2.24, 2.45) is 17.3 Å². The van der Waals surface area contributed by atoms with Crippen molar-refractivity contribution in [1.29, 1.82) is 0 Å². The fourth-order valence-corrected chi connectivity index (χ4v) is 2.96. The van der Waals surface area contributed by atoms with E-state index in [0.717, 1.165) is 6.42 Å². The summed E-state index contributed by atoms with van der Waals surface area (Å²) in [5, 5.41) is 2.82. The van der Waals surface area contributed by atoms with E-state index >= 15 is 0 Å². The molecule has 0 aromatic carbocycles.